The van der Waals surface area contributed by atoms with Gasteiger partial charge in [-0.25, -0.2) is 0 Å². The molecule has 2 aromatic carbocycles. The fourth-order valence-electron chi connectivity index (χ4n) is 2.01. The molecule has 0 atom stereocenters. The smallest absolute Gasteiger partial charge is 0.126 e. The molecule has 2 N–H and O–H groups in total. The molecule has 0 bridgehead atoms. The Morgan fingerprint density at radius 2 is 1.72 bits per heavy atom. The molecule has 94 valence electrons. The van der Waals surface area contributed by atoms with E-state index in [0.29, 0.717) is 0 Å². The number of aryl methyl sites for hydroxylation is 1. The number of nitrogen functional groups attached to an aromatic ring is 1. The molecule has 2 rings (SSSR count). The van der Waals surface area contributed by atoms with Crippen LogP contribution in [0.4, 0.5) is 5.69 Å². The molecule has 0 saturated carbocycles. The van der Waals surface area contributed by atoms with Gasteiger partial charge in [0.1, 0.15) is 11.5 Å². The van der Waals surface area contributed by atoms with Crippen LogP contribution in [0.25, 0.3) is 11.1 Å². The van der Waals surface area contributed by atoms with E-state index in [1.165, 1.54) is 0 Å². The van der Waals surface area contributed by atoms with Crippen molar-refractivity contribution in [2.45, 2.75) is 6.92 Å². The lowest BCUT2D eigenvalue weighted by Gasteiger charge is -2.12. The monoisotopic (exact) mass is 243 g/mol. The summed E-state index contributed by atoms with van der Waals surface area (Å²) < 4.78 is 10.6. The van der Waals surface area contributed by atoms with E-state index in [4.69, 9.17) is 15.2 Å². The molecule has 0 aliphatic rings. The largest absolute Gasteiger partial charge is 0.497 e. The summed E-state index contributed by atoms with van der Waals surface area (Å²) in [6.45, 7) is 2.02. The Morgan fingerprint density at radius 1 is 0.944 bits per heavy atom. The van der Waals surface area contributed by atoms with Crippen LogP contribution in [0.2, 0.25) is 0 Å². The highest BCUT2D eigenvalue weighted by atomic mass is 16.5. The maximum Gasteiger partial charge on any atom is 0.126 e. The minimum Gasteiger partial charge on any atom is -0.497 e. The molecule has 0 saturated heterocycles. The summed E-state index contributed by atoms with van der Waals surface area (Å²) >= 11 is 0. The molecule has 0 unspecified atom stereocenters. The van der Waals surface area contributed by atoms with Crippen molar-refractivity contribution < 1.29 is 9.47 Å². The Labute approximate surface area is 107 Å². The number of anilines is 1. The predicted molar refractivity (Wildman–Crippen MR) is 74.1 cm³/mol. The SMILES string of the molecule is COc1ccc(OC)c(-c2cc(C)cc(N)c2)c1. The van der Waals surface area contributed by atoms with Crippen LogP contribution >= 0.6 is 0 Å². The third-order valence-electron chi connectivity index (χ3n) is 2.82. The van der Waals surface area contributed by atoms with Crippen LogP contribution in [0.15, 0.2) is 36.4 Å². The number of ether oxygens (including phenoxy) is 2. The molecule has 0 aliphatic heterocycles. The zero-order valence-electron chi connectivity index (χ0n) is 10.9. The van der Waals surface area contributed by atoms with Crippen molar-refractivity contribution in [3.63, 3.8) is 0 Å². The summed E-state index contributed by atoms with van der Waals surface area (Å²) in [5.74, 6) is 1.60. The summed E-state index contributed by atoms with van der Waals surface area (Å²) in [5, 5.41) is 0. The minimum atomic E-state index is 0.745. The Balaban J connectivity index is 2.60. The fraction of sp³-hybridized carbons (Fsp3) is 0.200. The van der Waals surface area contributed by atoms with Crippen LogP contribution in [0.5, 0.6) is 11.5 Å². The van der Waals surface area contributed by atoms with Crippen LogP contribution in [-0.2, 0) is 0 Å². The van der Waals surface area contributed by atoms with E-state index in [0.717, 1.165) is 33.9 Å². The Bertz CT molecular complexity index is 544. The summed E-state index contributed by atoms with van der Waals surface area (Å²) in [6.07, 6.45) is 0. The van der Waals surface area contributed by atoms with Crippen LogP contribution in [-0.4, -0.2) is 14.2 Å². The molecular weight excluding hydrogens is 226 g/mol. The molecule has 0 spiro atoms. The Hall–Kier alpha value is -2.16. The van der Waals surface area contributed by atoms with Gasteiger partial charge in [0, 0.05) is 11.3 Å². The highest BCUT2D eigenvalue weighted by molar-refractivity contribution is 5.75. The zero-order chi connectivity index (χ0) is 13.1. The van der Waals surface area contributed by atoms with Gasteiger partial charge in [-0.15, -0.1) is 0 Å². The molecule has 18 heavy (non-hydrogen) atoms. The molecule has 2 aromatic rings. The summed E-state index contributed by atoms with van der Waals surface area (Å²) in [7, 11) is 3.31. The van der Waals surface area contributed by atoms with E-state index >= 15 is 0 Å². The average Bonchev–Trinajstić information content (AvgIpc) is 2.36. The van der Waals surface area contributed by atoms with Crippen molar-refractivity contribution in [2.24, 2.45) is 0 Å². The van der Waals surface area contributed by atoms with Gasteiger partial charge in [0.25, 0.3) is 0 Å². The van der Waals surface area contributed by atoms with E-state index < -0.39 is 0 Å². The van der Waals surface area contributed by atoms with Crippen molar-refractivity contribution in [1.82, 2.24) is 0 Å². The topological polar surface area (TPSA) is 44.5 Å². The van der Waals surface area contributed by atoms with E-state index in [-0.39, 0.29) is 0 Å². The minimum absolute atomic E-state index is 0.745. The molecule has 0 fully saturated rings. The summed E-state index contributed by atoms with van der Waals surface area (Å²) in [5.41, 5.74) is 9.76. The van der Waals surface area contributed by atoms with E-state index in [1.54, 1.807) is 14.2 Å². The Morgan fingerprint density at radius 3 is 2.33 bits per heavy atom. The van der Waals surface area contributed by atoms with Crippen molar-refractivity contribution in [1.29, 1.82) is 0 Å². The second-order valence-corrected chi connectivity index (χ2v) is 4.20. The number of methoxy groups -OCH3 is 2. The van der Waals surface area contributed by atoms with E-state index in [2.05, 4.69) is 6.07 Å². The van der Waals surface area contributed by atoms with Gasteiger partial charge in [-0.2, -0.15) is 0 Å². The Kier molecular flexibility index (Phi) is 3.42. The van der Waals surface area contributed by atoms with Gasteiger partial charge >= 0.3 is 0 Å². The maximum absolute atomic E-state index is 5.89. The standard InChI is InChI=1S/C15H17NO2/c1-10-6-11(8-12(16)7-10)14-9-13(17-2)4-5-15(14)18-3/h4-9H,16H2,1-3H3. The van der Waals surface area contributed by atoms with Gasteiger partial charge in [0.15, 0.2) is 0 Å². The third-order valence-corrected chi connectivity index (χ3v) is 2.82. The first-order valence-electron chi connectivity index (χ1n) is 5.73. The first kappa shape index (κ1) is 12.3. The number of hydrogen-bond donors (Lipinski definition) is 1. The van der Waals surface area contributed by atoms with Crippen molar-refractivity contribution in [3.05, 3.63) is 42.0 Å². The van der Waals surface area contributed by atoms with Gasteiger partial charge in [-0.05, 0) is 48.4 Å². The summed E-state index contributed by atoms with van der Waals surface area (Å²) in [6, 6.07) is 11.7. The lowest BCUT2D eigenvalue weighted by atomic mass is 10.0. The molecule has 0 radical (unpaired) electrons. The number of benzene rings is 2. The van der Waals surface area contributed by atoms with Crippen molar-refractivity contribution in [2.75, 3.05) is 20.0 Å². The van der Waals surface area contributed by atoms with Gasteiger partial charge in [-0.1, -0.05) is 6.07 Å². The molecule has 0 aliphatic carbocycles. The zero-order valence-corrected chi connectivity index (χ0v) is 10.9. The normalized spacial score (nSPS) is 10.2. The highest BCUT2D eigenvalue weighted by Gasteiger charge is 2.08. The maximum atomic E-state index is 5.89. The number of nitrogens with two attached hydrogens (primary N) is 1. The van der Waals surface area contributed by atoms with Crippen molar-refractivity contribution >= 4 is 5.69 Å². The average molecular weight is 243 g/mol. The number of rotatable bonds is 3. The second-order valence-electron chi connectivity index (χ2n) is 4.20. The van der Waals surface area contributed by atoms with Crippen LogP contribution < -0.4 is 15.2 Å². The van der Waals surface area contributed by atoms with Crippen LogP contribution in [0.3, 0.4) is 0 Å². The molecule has 0 heterocycles. The van der Waals surface area contributed by atoms with Crippen LogP contribution in [0, 0.1) is 6.92 Å². The number of hydrogen-bond acceptors (Lipinski definition) is 3. The second kappa shape index (κ2) is 5.00. The molecule has 0 aromatic heterocycles. The fourth-order valence-corrected chi connectivity index (χ4v) is 2.01. The lowest BCUT2D eigenvalue weighted by Crippen LogP contribution is -1.92. The highest BCUT2D eigenvalue weighted by Crippen LogP contribution is 2.34. The molecular formula is C15H17NO2. The van der Waals surface area contributed by atoms with Gasteiger partial charge in [0.2, 0.25) is 0 Å². The first-order valence-corrected chi connectivity index (χ1v) is 5.73. The molecule has 3 nitrogen and oxygen atoms in total. The molecule has 3 heteroatoms. The lowest BCUT2D eigenvalue weighted by molar-refractivity contribution is 0.404. The van der Waals surface area contributed by atoms with E-state index in [1.807, 2.05) is 37.3 Å². The summed E-state index contributed by atoms with van der Waals surface area (Å²) in [4.78, 5) is 0. The van der Waals surface area contributed by atoms with Gasteiger partial charge in [-0.3, -0.25) is 0 Å². The van der Waals surface area contributed by atoms with Gasteiger partial charge < -0.3 is 15.2 Å². The predicted octanol–water partition coefficient (Wildman–Crippen LogP) is 3.26. The van der Waals surface area contributed by atoms with Crippen molar-refractivity contribution in [3.8, 4) is 22.6 Å². The molecule has 0 amide bonds. The quantitative estimate of drug-likeness (QED) is 0.841. The van der Waals surface area contributed by atoms with Crippen LogP contribution in [0.1, 0.15) is 5.56 Å². The van der Waals surface area contributed by atoms with E-state index in [9.17, 15) is 0 Å². The first-order chi connectivity index (χ1) is 8.63. The third kappa shape index (κ3) is 2.40. The van der Waals surface area contributed by atoms with Gasteiger partial charge in [0.05, 0.1) is 14.2 Å².